The number of hydrogen-bond donors (Lipinski definition) is 2. The summed E-state index contributed by atoms with van der Waals surface area (Å²) in [6.45, 7) is 2.25. The zero-order chi connectivity index (χ0) is 11.5. The number of nitrogen functional groups attached to an aromatic ring is 1. The van der Waals surface area contributed by atoms with E-state index in [-0.39, 0.29) is 0 Å². The van der Waals surface area contributed by atoms with Gasteiger partial charge in [-0.05, 0) is 30.7 Å². The van der Waals surface area contributed by atoms with Gasteiger partial charge in [-0.1, -0.05) is 6.92 Å². The van der Waals surface area contributed by atoms with Crippen molar-refractivity contribution in [3.05, 3.63) is 24.3 Å². The number of anilines is 2. The van der Waals surface area contributed by atoms with Gasteiger partial charge in [0.2, 0.25) is 0 Å². The van der Waals surface area contributed by atoms with Gasteiger partial charge in [0.05, 0.1) is 5.69 Å². The van der Waals surface area contributed by atoms with E-state index in [4.69, 9.17) is 10.9 Å². The van der Waals surface area contributed by atoms with Crippen LogP contribution in [0, 0.1) is 0 Å². The van der Waals surface area contributed by atoms with Crippen molar-refractivity contribution >= 4 is 21.6 Å². The number of hydrogen-bond acceptors (Lipinski definition) is 3. The maximum atomic E-state index is 11.3. The maximum Gasteiger partial charge on any atom is 0.298 e. The van der Waals surface area contributed by atoms with Crippen molar-refractivity contribution in [2.45, 2.75) is 13.3 Å². The van der Waals surface area contributed by atoms with Crippen LogP contribution in [0.4, 0.5) is 11.4 Å². The predicted octanol–water partition coefficient (Wildman–Crippen LogP) is 0.689. The Labute approximate surface area is 89.9 Å². The first-order valence-corrected chi connectivity index (χ1v) is 6.11. The van der Waals surface area contributed by atoms with Crippen molar-refractivity contribution in [1.82, 2.24) is 0 Å². The summed E-state index contributed by atoms with van der Waals surface area (Å²) >= 11 is 0. The van der Waals surface area contributed by atoms with Crippen LogP contribution in [-0.2, 0) is 10.2 Å². The van der Waals surface area contributed by atoms with Crippen LogP contribution < -0.4 is 15.2 Å². The highest BCUT2D eigenvalue weighted by Gasteiger charge is 2.16. The molecule has 1 aromatic carbocycles. The van der Waals surface area contributed by atoms with Crippen LogP contribution in [0.1, 0.15) is 13.3 Å². The average molecular weight is 229 g/mol. The molecule has 0 aliphatic rings. The van der Waals surface area contributed by atoms with Crippen LogP contribution in [-0.4, -0.2) is 15.0 Å². The Bertz CT molecular complexity index is 413. The van der Waals surface area contributed by atoms with Crippen LogP contribution in [0.5, 0.6) is 0 Å². The van der Waals surface area contributed by atoms with Crippen LogP contribution >= 0.6 is 0 Å². The van der Waals surface area contributed by atoms with E-state index in [0.717, 1.165) is 4.31 Å². The molecule has 0 aromatic heterocycles. The average Bonchev–Trinajstić information content (AvgIpc) is 2.14. The molecular formula is C9H15N3O2S. The summed E-state index contributed by atoms with van der Waals surface area (Å²) in [6.07, 6.45) is 0.695. The molecule has 6 heteroatoms. The zero-order valence-corrected chi connectivity index (χ0v) is 9.37. The first-order chi connectivity index (χ1) is 6.95. The minimum Gasteiger partial charge on any atom is -0.399 e. The van der Waals surface area contributed by atoms with E-state index in [9.17, 15) is 8.42 Å². The van der Waals surface area contributed by atoms with Crippen LogP contribution in [0.2, 0.25) is 0 Å². The van der Waals surface area contributed by atoms with Gasteiger partial charge in [-0.15, -0.1) is 0 Å². The Morgan fingerprint density at radius 3 is 2.20 bits per heavy atom. The number of nitrogens with zero attached hydrogens (tertiary/aromatic N) is 1. The summed E-state index contributed by atoms with van der Waals surface area (Å²) in [6, 6.07) is 6.55. The Morgan fingerprint density at radius 2 is 1.80 bits per heavy atom. The quantitative estimate of drug-likeness (QED) is 0.744. The normalized spacial score (nSPS) is 11.3. The van der Waals surface area contributed by atoms with E-state index in [1.165, 1.54) is 0 Å². The molecule has 1 aromatic rings. The second-order valence-corrected chi connectivity index (χ2v) is 4.68. The van der Waals surface area contributed by atoms with Crippen LogP contribution in [0.25, 0.3) is 0 Å². The Hall–Kier alpha value is -1.27. The highest BCUT2D eigenvalue weighted by Crippen LogP contribution is 2.18. The number of benzene rings is 1. The fourth-order valence-electron chi connectivity index (χ4n) is 1.25. The molecule has 0 radical (unpaired) electrons. The highest BCUT2D eigenvalue weighted by molar-refractivity contribution is 7.90. The molecule has 0 aliphatic carbocycles. The van der Waals surface area contributed by atoms with Gasteiger partial charge in [-0.2, -0.15) is 8.42 Å². The second kappa shape index (κ2) is 4.50. The number of rotatable bonds is 4. The largest absolute Gasteiger partial charge is 0.399 e. The van der Waals surface area contributed by atoms with E-state index in [0.29, 0.717) is 24.3 Å². The summed E-state index contributed by atoms with van der Waals surface area (Å²) in [5, 5.41) is 5.10. The summed E-state index contributed by atoms with van der Waals surface area (Å²) < 4.78 is 23.7. The Kier molecular flexibility index (Phi) is 3.54. The standard InChI is InChI=1S/C9H15N3O2S/c1-2-7-12(15(11,13)14)9-5-3-8(10)4-6-9/h3-6H,2,7,10H2,1H3,(H2,11,13,14). The molecule has 4 N–H and O–H groups in total. The summed E-state index contributed by atoms with van der Waals surface area (Å²) in [5.41, 5.74) is 6.63. The Morgan fingerprint density at radius 1 is 1.27 bits per heavy atom. The smallest absolute Gasteiger partial charge is 0.298 e. The van der Waals surface area contributed by atoms with Crippen molar-refractivity contribution < 1.29 is 8.42 Å². The second-order valence-electron chi connectivity index (χ2n) is 3.21. The zero-order valence-electron chi connectivity index (χ0n) is 8.55. The van der Waals surface area contributed by atoms with Crippen molar-refractivity contribution in [3.63, 3.8) is 0 Å². The van der Waals surface area contributed by atoms with E-state index < -0.39 is 10.2 Å². The molecule has 0 saturated heterocycles. The molecule has 15 heavy (non-hydrogen) atoms. The lowest BCUT2D eigenvalue weighted by Gasteiger charge is -2.21. The minimum absolute atomic E-state index is 0.364. The molecule has 5 nitrogen and oxygen atoms in total. The lowest BCUT2D eigenvalue weighted by atomic mass is 10.3. The van der Waals surface area contributed by atoms with Gasteiger partial charge in [-0.3, -0.25) is 4.31 Å². The molecule has 0 saturated carbocycles. The fraction of sp³-hybridized carbons (Fsp3) is 0.333. The third-order valence-electron chi connectivity index (χ3n) is 1.91. The van der Waals surface area contributed by atoms with Gasteiger partial charge in [0.1, 0.15) is 0 Å². The number of nitrogens with two attached hydrogens (primary N) is 2. The van der Waals surface area contributed by atoms with Crippen molar-refractivity contribution in [3.8, 4) is 0 Å². The first kappa shape index (κ1) is 11.8. The van der Waals surface area contributed by atoms with Crippen LogP contribution in [0.15, 0.2) is 24.3 Å². The molecule has 0 bridgehead atoms. The first-order valence-electron chi connectivity index (χ1n) is 4.61. The third-order valence-corrected chi connectivity index (χ3v) is 2.92. The van der Waals surface area contributed by atoms with E-state index >= 15 is 0 Å². The van der Waals surface area contributed by atoms with Gasteiger partial charge in [0, 0.05) is 12.2 Å². The minimum atomic E-state index is -3.70. The summed E-state index contributed by atoms with van der Waals surface area (Å²) in [4.78, 5) is 0. The third kappa shape index (κ3) is 3.10. The van der Waals surface area contributed by atoms with Gasteiger partial charge in [-0.25, -0.2) is 5.14 Å². The van der Waals surface area contributed by atoms with Gasteiger partial charge in [0.25, 0.3) is 10.2 Å². The highest BCUT2D eigenvalue weighted by atomic mass is 32.2. The molecule has 0 aliphatic heterocycles. The molecule has 84 valence electrons. The van der Waals surface area contributed by atoms with Crippen molar-refractivity contribution in [1.29, 1.82) is 0 Å². The summed E-state index contributed by atoms with van der Waals surface area (Å²) in [5.74, 6) is 0. The molecule has 1 rings (SSSR count). The lowest BCUT2D eigenvalue weighted by molar-refractivity contribution is 0.592. The van der Waals surface area contributed by atoms with Crippen molar-refractivity contribution in [2.75, 3.05) is 16.6 Å². The van der Waals surface area contributed by atoms with Gasteiger partial charge >= 0.3 is 0 Å². The molecular weight excluding hydrogens is 214 g/mol. The van der Waals surface area contributed by atoms with Crippen LogP contribution in [0.3, 0.4) is 0 Å². The Balaban J connectivity index is 3.05. The molecule has 0 spiro atoms. The predicted molar refractivity (Wildman–Crippen MR) is 61.6 cm³/mol. The van der Waals surface area contributed by atoms with Gasteiger partial charge in [0.15, 0.2) is 0 Å². The summed E-state index contributed by atoms with van der Waals surface area (Å²) in [7, 11) is -3.70. The topological polar surface area (TPSA) is 89.4 Å². The fourth-order valence-corrected chi connectivity index (χ4v) is 2.10. The van der Waals surface area contributed by atoms with E-state index in [1.807, 2.05) is 6.92 Å². The molecule has 0 amide bonds. The SMILES string of the molecule is CCCN(c1ccc(N)cc1)S(N)(=O)=O. The molecule has 0 atom stereocenters. The molecule has 0 fully saturated rings. The molecule has 0 unspecified atom stereocenters. The van der Waals surface area contributed by atoms with E-state index in [1.54, 1.807) is 24.3 Å². The maximum absolute atomic E-state index is 11.3. The van der Waals surface area contributed by atoms with Gasteiger partial charge < -0.3 is 5.73 Å². The molecule has 0 heterocycles. The monoisotopic (exact) mass is 229 g/mol. The van der Waals surface area contributed by atoms with Crippen molar-refractivity contribution in [2.24, 2.45) is 5.14 Å². The lowest BCUT2D eigenvalue weighted by Crippen LogP contribution is -2.37. The van der Waals surface area contributed by atoms with E-state index in [2.05, 4.69) is 0 Å².